The zero-order chi connectivity index (χ0) is 22.1. The molecule has 0 spiro atoms. The van der Waals surface area contributed by atoms with E-state index in [1.165, 1.54) is 0 Å². The van der Waals surface area contributed by atoms with Crippen molar-refractivity contribution < 1.29 is 14.3 Å². The molecule has 3 aromatic rings. The zero-order valence-electron chi connectivity index (χ0n) is 18.2. The van der Waals surface area contributed by atoms with Crippen LogP contribution in [-0.2, 0) is 19.5 Å². The normalized spacial score (nSPS) is 19.8. The summed E-state index contributed by atoms with van der Waals surface area (Å²) in [4.78, 5) is 19.6. The number of nitrogens with zero attached hydrogens (tertiary/aromatic N) is 5. The third kappa shape index (κ3) is 3.91. The molecule has 4 heterocycles. The van der Waals surface area contributed by atoms with E-state index in [2.05, 4.69) is 31.5 Å². The molecule has 2 aromatic heterocycles. The van der Waals surface area contributed by atoms with Gasteiger partial charge in [0.2, 0.25) is 11.7 Å². The molecular weight excluding hydrogens is 408 g/mol. The lowest BCUT2D eigenvalue weighted by molar-refractivity contribution is 0.100. The topological polar surface area (TPSA) is 94.4 Å². The molecule has 32 heavy (non-hydrogen) atoms. The molecule has 0 unspecified atom stereocenters. The summed E-state index contributed by atoms with van der Waals surface area (Å²) in [6.45, 7) is 3.50. The second kappa shape index (κ2) is 8.58. The third-order valence-corrected chi connectivity index (χ3v) is 6.33. The minimum absolute atomic E-state index is 0.248. The lowest BCUT2D eigenvalue weighted by atomic mass is 9.89. The predicted molar refractivity (Wildman–Crippen MR) is 118 cm³/mol. The number of benzene rings is 1. The van der Waals surface area contributed by atoms with Crippen LogP contribution < -0.4 is 14.8 Å². The molecule has 5 rings (SSSR count). The van der Waals surface area contributed by atoms with Crippen molar-refractivity contribution >= 4 is 11.6 Å². The molecule has 9 nitrogen and oxygen atoms in total. The van der Waals surface area contributed by atoms with Crippen molar-refractivity contribution in [1.82, 2.24) is 24.6 Å². The predicted octanol–water partition coefficient (Wildman–Crippen LogP) is 2.25. The lowest BCUT2D eigenvalue weighted by Gasteiger charge is -2.25. The summed E-state index contributed by atoms with van der Waals surface area (Å²) in [6.07, 6.45) is 2.57. The van der Waals surface area contributed by atoms with Crippen LogP contribution in [0.5, 0.6) is 11.6 Å². The third-order valence-electron chi connectivity index (χ3n) is 6.33. The Hall–Kier alpha value is -3.46. The molecule has 9 heteroatoms. The Balaban J connectivity index is 1.26. The second-order valence-electron chi connectivity index (χ2n) is 8.32. The number of hydrogen-bond acceptors (Lipinski definition) is 7. The molecule has 1 saturated heterocycles. The number of likely N-dealkylation sites (tertiary alicyclic amines) is 1. The average molecular weight is 435 g/mol. The van der Waals surface area contributed by atoms with E-state index in [1.54, 1.807) is 20.4 Å². The van der Waals surface area contributed by atoms with Gasteiger partial charge >= 0.3 is 0 Å². The maximum Gasteiger partial charge on any atom is 0.293 e. The van der Waals surface area contributed by atoms with E-state index in [-0.39, 0.29) is 5.91 Å². The number of aromatic nitrogens is 4. The van der Waals surface area contributed by atoms with Crippen LogP contribution in [-0.4, -0.2) is 57.9 Å². The first-order valence-electron chi connectivity index (χ1n) is 10.7. The van der Waals surface area contributed by atoms with Gasteiger partial charge in [0.05, 0.1) is 14.2 Å². The number of ether oxygens (including phenoxy) is 2. The monoisotopic (exact) mass is 434 g/mol. The van der Waals surface area contributed by atoms with Gasteiger partial charge in [0.1, 0.15) is 11.6 Å². The summed E-state index contributed by atoms with van der Waals surface area (Å²) in [5.41, 5.74) is 1.78. The van der Waals surface area contributed by atoms with Gasteiger partial charge in [-0.2, -0.15) is 0 Å². The number of hydrogen-bond donors (Lipinski definition) is 1. The van der Waals surface area contributed by atoms with Crippen molar-refractivity contribution in [2.24, 2.45) is 11.8 Å². The van der Waals surface area contributed by atoms with Gasteiger partial charge in [0.25, 0.3) is 5.91 Å². The number of amides is 1. The molecule has 2 atom stereocenters. The van der Waals surface area contributed by atoms with E-state index in [0.717, 1.165) is 49.7 Å². The lowest BCUT2D eigenvalue weighted by Crippen LogP contribution is -2.31. The molecular formula is C23H26N6O3. The SMILES string of the molecule is COc1ccc(NC(=O)c2nnc3n2C[C@@H]2CN(Cc4cccnc4OC)C[C@@H]2C3)cc1. The van der Waals surface area contributed by atoms with E-state index in [1.807, 2.05) is 34.9 Å². The number of carbonyl (C=O) groups excluding carboxylic acids is 1. The standard InChI is InChI=1S/C23H26N6O3/c1-31-19-7-5-18(6-8-19)25-22(30)21-27-26-20-10-16-12-28(13-17(16)14-29(20)21)11-15-4-3-9-24-23(15)32-2/h3-9,16-17H,10-14H2,1-2H3,(H,25,30)/t16-,17-/m0/s1. The molecule has 0 radical (unpaired) electrons. The Morgan fingerprint density at radius 2 is 1.88 bits per heavy atom. The van der Waals surface area contributed by atoms with Crippen molar-refractivity contribution in [3.63, 3.8) is 0 Å². The Kier molecular flexibility index (Phi) is 5.48. The fourth-order valence-corrected chi connectivity index (χ4v) is 4.75. The van der Waals surface area contributed by atoms with Crippen LogP contribution in [0.4, 0.5) is 5.69 Å². The zero-order valence-corrected chi connectivity index (χ0v) is 18.2. The number of fused-ring (bicyclic) bond motifs is 2. The summed E-state index contributed by atoms with van der Waals surface area (Å²) in [7, 11) is 3.26. The number of pyridine rings is 1. The maximum absolute atomic E-state index is 12.9. The Bertz CT molecular complexity index is 1110. The van der Waals surface area contributed by atoms with E-state index < -0.39 is 0 Å². The summed E-state index contributed by atoms with van der Waals surface area (Å²) in [5.74, 6) is 3.37. The van der Waals surface area contributed by atoms with Crippen molar-refractivity contribution in [1.29, 1.82) is 0 Å². The Morgan fingerprint density at radius 1 is 1.06 bits per heavy atom. The van der Waals surface area contributed by atoms with Gasteiger partial charge in [-0.1, -0.05) is 6.07 Å². The smallest absolute Gasteiger partial charge is 0.293 e. The van der Waals surface area contributed by atoms with Gasteiger partial charge in [0.15, 0.2) is 0 Å². The highest BCUT2D eigenvalue weighted by Crippen LogP contribution is 2.34. The van der Waals surface area contributed by atoms with Crippen LogP contribution in [0.2, 0.25) is 0 Å². The van der Waals surface area contributed by atoms with Crippen molar-refractivity contribution in [3.8, 4) is 11.6 Å². The number of rotatable bonds is 6. The highest BCUT2D eigenvalue weighted by atomic mass is 16.5. The van der Waals surface area contributed by atoms with Crippen LogP contribution in [0, 0.1) is 11.8 Å². The van der Waals surface area contributed by atoms with E-state index in [9.17, 15) is 4.79 Å². The van der Waals surface area contributed by atoms with Crippen LogP contribution >= 0.6 is 0 Å². The summed E-state index contributed by atoms with van der Waals surface area (Å²) in [6, 6.07) is 11.2. The fourth-order valence-electron chi connectivity index (χ4n) is 4.75. The van der Waals surface area contributed by atoms with Crippen molar-refractivity contribution in [3.05, 3.63) is 59.8 Å². The van der Waals surface area contributed by atoms with Crippen molar-refractivity contribution in [2.45, 2.75) is 19.5 Å². The Morgan fingerprint density at radius 3 is 2.66 bits per heavy atom. The molecule has 1 amide bonds. The molecule has 1 fully saturated rings. The van der Waals surface area contributed by atoms with E-state index >= 15 is 0 Å². The molecule has 1 aromatic carbocycles. The number of carbonyl (C=O) groups is 1. The highest BCUT2D eigenvalue weighted by Gasteiger charge is 2.39. The van der Waals surface area contributed by atoms with Crippen molar-refractivity contribution in [2.75, 3.05) is 32.6 Å². The van der Waals surface area contributed by atoms with E-state index in [0.29, 0.717) is 29.2 Å². The minimum atomic E-state index is -0.248. The largest absolute Gasteiger partial charge is 0.497 e. The first kappa shape index (κ1) is 20.4. The van der Waals surface area contributed by atoms with Crippen LogP contribution in [0.1, 0.15) is 22.0 Å². The molecule has 0 aliphatic carbocycles. The molecule has 0 bridgehead atoms. The summed E-state index contributed by atoms with van der Waals surface area (Å²) in [5, 5.41) is 11.4. The number of methoxy groups -OCH3 is 2. The van der Waals surface area contributed by atoms with Crippen LogP contribution in [0.3, 0.4) is 0 Å². The van der Waals surface area contributed by atoms with Gasteiger partial charge in [-0.05, 0) is 42.2 Å². The quantitative estimate of drug-likeness (QED) is 0.636. The molecule has 2 aliphatic heterocycles. The first-order chi connectivity index (χ1) is 15.6. The van der Waals surface area contributed by atoms with Gasteiger partial charge in [0, 0.05) is 50.0 Å². The van der Waals surface area contributed by atoms with Gasteiger partial charge < -0.3 is 19.4 Å². The fraction of sp³-hybridized carbons (Fsp3) is 0.391. The van der Waals surface area contributed by atoms with Gasteiger partial charge in [-0.25, -0.2) is 4.98 Å². The number of anilines is 1. The maximum atomic E-state index is 12.9. The second-order valence-corrected chi connectivity index (χ2v) is 8.32. The minimum Gasteiger partial charge on any atom is -0.497 e. The van der Waals surface area contributed by atoms with Gasteiger partial charge in [-0.3, -0.25) is 9.69 Å². The van der Waals surface area contributed by atoms with Crippen LogP contribution in [0.15, 0.2) is 42.6 Å². The van der Waals surface area contributed by atoms with E-state index in [4.69, 9.17) is 9.47 Å². The average Bonchev–Trinajstić information content (AvgIpc) is 3.41. The highest BCUT2D eigenvalue weighted by molar-refractivity contribution is 6.01. The Labute approximate surface area is 186 Å². The molecule has 2 aliphatic rings. The summed E-state index contributed by atoms with van der Waals surface area (Å²) >= 11 is 0. The first-order valence-corrected chi connectivity index (χ1v) is 10.7. The molecule has 0 saturated carbocycles. The summed E-state index contributed by atoms with van der Waals surface area (Å²) < 4.78 is 12.6. The molecule has 1 N–H and O–H groups in total. The van der Waals surface area contributed by atoms with Crippen LogP contribution in [0.25, 0.3) is 0 Å². The number of nitrogens with one attached hydrogen (secondary N) is 1. The van der Waals surface area contributed by atoms with Gasteiger partial charge in [-0.15, -0.1) is 10.2 Å². The molecule has 166 valence electrons.